The van der Waals surface area contributed by atoms with E-state index >= 15 is 0 Å². The molecule has 18 heavy (non-hydrogen) atoms. The molecule has 2 fully saturated rings. The Morgan fingerprint density at radius 2 is 1.89 bits per heavy atom. The normalized spacial score (nSPS) is 31.6. The molecule has 0 spiro atoms. The zero-order valence-electron chi connectivity index (χ0n) is 11.0. The molecule has 2 aliphatic rings. The predicted octanol–water partition coefficient (Wildman–Crippen LogP) is 0.807. The van der Waals surface area contributed by atoms with Crippen LogP contribution in [0.4, 0.5) is 0 Å². The molecule has 106 valence electrons. The van der Waals surface area contributed by atoms with Crippen LogP contribution in [0.25, 0.3) is 0 Å². The summed E-state index contributed by atoms with van der Waals surface area (Å²) in [6.45, 7) is 1.03. The molecule has 4 nitrogen and oxygen atoms in total. The first kappa shape index (κ1) is 14.4. The van der Waals surface area contributed by atoms with Gasteiger partial charge >= 0.3 is 0 Å². The van der Waals surface area contributed by atoms with Gasteiger partial charge < -0.3 is 15.2 Å². The van der Waals surface area contributed by atoms with E-state index in [2.05, 4.69) is 5.32 Å². The second-order valence-corrected chi connectivity index (χ2v) is 7.12. The summed E-state index contributed by atoms with van der Waals surface area (Å²) >= 11 is 0. The van der Waals surface area contributed by atoms with Crippen LogP contribution in [-0.4, -0.2) is 52.2 Å². The smallest absolute Gasteiger partial charge is 0.0897 e. The second-order valence-electron chi connectivity index (χ2n) is 5.42. The van der Waals surface area contributed by atoms with Crippen LogP contribution in [0.2, 0.25) is 0 Å². The Hall–Kier alpha value is 0.0300. The molecule has 0 aromatic rings. The van der Waals surface area contributed by atoms with E-state index in [9.17, 15) is 9.32 Å². The zero-order valence-corrected chi connectivity index (χ0v) is 11.8. The van der Waals surface area contributed by atoms with Gasteiger partial charge in [-0.3, -0.25) is 4.21 Å². The Balaban J connectivity index is 1.53. The van der Waals surface area contributed by atoms with Crippen molar-refractivity contribution >= 4 is 10.8 Å². The van der Waals surface area contributed by atoms with Crippen molar-refractivity contribution in [1.29, 1.82) is 0 Å². The molecule has 1 heterocycles. The number of nitrogens with one attached hydrogen (secondary N) is 1. The van der Waals surface area contributed by atoms with Gasteiger partial charge in [0, 0.05) is 34.9 Å². The van der Waals surface area contributed by atoms with Crippen LogP contribution in [0.3, 0.4) is 0 Å². The molecular weight excluding hydrogens is 250 g/mol. The molecule has 0 radical (unpaired) electrons. The lowest BCUT2D eigenvalue weighted by Gasteiger charge is -2.24. The predicted molar refractivity (Wildman–Crippen MR) is 73.1 cm³/mol. The number of ether oxygens (including phenoxy) is 1. The Morgan fingerprint density at radius 3 is 2.56 bits per heavy atom. The topological polar surface area (TPSA) is 58.6 Å². The lowest BCUT2D eigenvalue weighted by atomic mass is 10.1. The van der Waals surface area contributed by atoms with Crippen LogP contribution < -0.4 is 5.32 Å². The Bertz CT molecular complexity index is 259. The summed E-state index contributed by atoms with van der Waals surface area (Å²) in [7, 11) is -0.608. The molecule has 1 saturated carbocycles. The van der Waals surface area contributed by atoms with Crippen molar-refractivity contribution in [3.63, 3.8) is 0 Å². The van der Waals surface area contributed by atoms with Gasteiger partial charge in [0.25, 0.3) is 0 Å². The monoisotopic (exact) mass is 275 g/mol. The Labute approximate surface area is 112 Å². The third-order valence-corrected chi connectivity index (χ3v) is 5.24. The lowest BCUT2D eigenvalue weighted by molar-refractivity contribution is -0.00630. The van der Waals surface area contributed by atoms with E-state index in [0.29, 0.717) is 25.3 Å². The van der Waals surface area contributed by atoms with E-state index in [4.69, 9.17) is 4.74 Å². The van der Waals surface area contributed by atoms with Gasteiger partial charge in [-0.15, -0.1) is 0 Å². The maximum atomic E-state index is 11.2. The summed E-state index contributed by atoms with van der Waals surface area (Å²) in [5, 5.41) is 13.2. The molecule has 0 aromatic carbocycles. The van der Waals surface area contributed by atoms with Crippen LogP contribution >= 0.6 is 0 Å². The van der Waals surface area contributed by atoms with Gasteiger partial charge in [0.15, 0.2) is 0 Å². The van der Waals surface area contributed by atoms with Gasteiger partial charge in [0.05, 0.1) is 18.8 Å². The average molecular weight is 275 g/mol. The highest BCUT2D eigenvalue weighted by atomic mass is 32.2. The third kappa shape index (κ3) is 4.96. The van der Waals surface area contributed by atoms with Gasteiger partial charge in [-0.2, -0.15) is 0 Å². The summed E-state index contributed by atoms with van der Waals surface area (Å²) in [5.74, 6) is 1.60. The summed E-state index contributed by atoms with van der Waals surface area (Å²) in [4.78, 5) is 0. The molecule has 2 rings (SSSR count). The molecule has 0 bridgehead atoms. The molecule has 1 saturated heterocycles. The first-order valence-corrected chi connectivity index (χ1v) is 8.61. The minimum absolute atomic E-state index is 0.372. The van der Waals surface area contributed by atoms with Crippen LogP contribution in [-0.2, 0) is 15.5 Å². The average Bonchev–Trinajstić information content (AvgIpc) is 2.89. The fraction of sp³-hybridized carbons (Fsp3) is 1.00. The van der Waals surface area contributed by atoms with Crippen molar-refractivity contribution in [2.24, 2.45) is 0 Å². The molecule has 0 amide bonds. The first-order valence-electron chi connectivity index (χ1n) is 7.12. The largest absolute Gasteiger partial charge is 0.389 e. The quantitative estimate of drug-likeness (QED) is 0.753. The van der Waals surface area contributed by atoms with Gasteiger partial charge in [0.2, 0.25) is 0 Å². The molecule has 0 aromatic heterocycles. The number of aliphatic hydroxyl groups excluding tert-OH is 1. The van der Waals surface area contributed by atoms with Crippen LogP contribution in [0.1, 0.15) is 38.5 Å². The SMILES string of the molecule is O=S1CCC(NCC(O)COC2CCCC2)CC1. The fourth-order valence-electron chi connectivity index (χ4n) is 2.66. The van der Waals surface area contributed by atoms with E-state index in [0.717, 1.165) is 37.2 Å². The van der Waals surface area contributed by atoms with Crippen molar-refractivity contribution in [1.82, 2.24) is 5.32 Å². The molecule has 1 aliphatic carbocycles. The fourth-order valence-corrected chi connectivity index (χ4v) is 3.96. The summed E-state index contributed by atoms with van der Waals surface area (Å²) < 4.78 is 16.9. The lowest BCUT2D eigenvalue weighted by Crippen LogP contribution is -2.41. The number of rotatable bonds is 6. The highest BCUT2D eigenvalue weighted by Crippen LogP contribution is 2.20. The minimum Gasteiger partial charge on any atom is -0.389 e. The van der Waals surface area contributed by atoms with Gasteiger partial charge in [-0.05, 0) is 25.7 Å². The van der Waals surface area contributed by atoms with Gasteiger partial charge in [-0.25, -0.2) is 0 Å². The summed E-state index contributed by atoms with van der Waals surface area (Å²) in [5.41, 5.74) is 0. The molecule has 2 N–H and O–H groups in total. The first-order chi connectivity index (χ1) is 8.74. The van der Waals surface area contributed by atoms with Crippen LogP contribution in [0.15, 0.2) is 0 Å². The molecular formula is C13H25NO3S. The molecule has 1 atom stereocenters. The zero-order chi connectivity index (χ0) is 12.8. The van der Waals surface area contributed by atoms with Crippen LogP contribution in [0, 0.1) is 0 Å². The maximum absolute atomic E-state index is 11.2. The van der Waals surface area contributed by atoms with E-state index < -0.39 is 16.9 Å². The van der Waals surface area contributed by atoms with Crippen LogP contribution in [0.5, 0.6) is 0 Å². The molecule has 1 unspecified atom stereocenters. The summed E-state index contributed by atoms with van der Waals surface area (Å²) in [6.07, 6.45) is 6.69. The van der Waals surface area contributed by atoms with E-state index in [1.54, 1.807) is 0 Å². The highest BCUT2D eigenvalue weighted by Gasteiger charge is 2.19. The maximum Gasteiger partial charge on any atom is 0.0897 e. The van der Waals surface area contributed by atoms with Gasteiger partial charge in [0.1, 0.15) is 0 Å². The highest BCUT2D eigenvalue weighted by molar-refractivity contribution is 7.85. The van der Waals surface area contributed by atoms with E-state index in [1.165, 1.54) is 12.8 Å². The van der Waals surface area contributed by atoms with E-state index in [-0.39, 0.29) is 0 Å². The van der Waals surface area contributed by atoms with Crippen molar-refractivity contribution in [3.8, 4) is 0 Å². The number of hydrogen-bond donors (Lipinski definition) is 2. The standard InChI is InChI=1S/C13H25NO3S/c15-12(10-17-13-3-1-2-4-13)9-14-11-5-7-18(16)8-6-11/h11-15H,1-10H2. The molecule has 1 aliphatic heterocycles. The molecule has 5 heteroatoms. The number of aliphatic hydroxyl groups is 1. The van der Waals surface area contributed by atoms with Crippen molar-refractivity contribution in [3.05, 3.63) is 0 Å². The minimum atomic E-state index is -0.608. The van der Waals surface area contributed by atoms with Crippen molar-refractivity contribution in [2.45, 2.75) is 56.8 Å². The summed E-state index contributed by atoms with van der Waals surface area (Å²) in [6, 6.07) is 0.420. The van der Waals surface area contributed by atoms with Crippen molar-refractivity contribution in [2.75, 3.05) is 24.7 Å². The Morgan fingerprint density at radius 1 is 1.22 bits per heavy atom. The van der Waals surface area contributed by atoms with Crippen molar-refractivity contribution < 1.29 is 14.1 Å². The second kappa shape index (κ2) is 7.58. The Kier molecular flexibility index (Phi) is 6.08. The number of hydrogen-bond acceptors (Lipinski definition) is 4. The van der Waals surface area contributed by atoms with E-state index in [1.807, 2.05) is 0 Å². The third-order valence-electron chi connectivity index (χ3n) is 3.86. The van der Waals surface area contributed by atoms with Gasteiger partial charge in [-0.1, -0.05) is 12.8 Å².